The summed E-state index contributed by atoms with van der Waals surface area (Å²) in [5.74, 6) is 1.70. The van der Waals surface area contributed by atoms with E-state index in [0.717, 1.165) is 23.4 Å². The molecule has 0 radical (unpaired) electrons. The molecule has 3 N–H and O–H groups in total. The van der Waals surface area contributed by atoms with Gasteiger partial charge in [0.05, 0.1) is 0 Å². The fraction of sp³-hybridized carbons (Fsp3) is 0.176. The number of rotatable bonds is 4. The van der Waals surface area contributed by atoms with Gasteiger partial charge in [-0.2, -0.15) is 0 Å². The van der Waals surface area contributed by atoms with Gasteiger partial charge in [-0.1, -0.05) is 18.2 Å². The van der Waals surface area contributed by atoms with Crippen LogP contribution < -0.4 is 10.5 Å². The van der Waals surface area contributed by atoms with Crippen molar-refractivity contribution < 1.29 is 4.74 Å². The van der Waals surface area contributed by atoms with Gasteiger partial charge < -0.3 is 15.5 Å². The number of benzene rings is 2. The number of fused-ring (bicyclic) bond motifs is 1. The number of H-pyrrole nitrogens is 1. The summed E-state index contributed by atoms with van der Waals surface area (Å²) < 4.78 is 5.87. The van der Waals surface area contributed by atoms with E-state index in [2.05, 4.69) is 24.0 Å². The summed E-state index contributed by atoms with van der Waals surface area (Å²) in [5, 5.41) is 1.20. The molecule has 3 rings (SSSR count). The zero-order valence-electron chi connectivity index (χ0n) is 11.5. The van der Waals surface area contributed by atoms with E-state index >= 15 is 0 Å². The summed E-state index contributed by atoms with van der Waals surface area (Å²) in [6, 6.07) is 15.9. The van der Waals surface area contributed by atoms with Crippen LogP contribution in [0.2, 0.25) is 0 Å². The van der Waals surface area contributed by atoms with Crippen molar-refractivity contribution in [3.63, 3.8) is 0 Å². The Morgan fingerprint density at radius 2 is 1.85 bits per heavy atom. The summed E-state index contributed by atoms with van der Waals surface area (Å²) in [6.45, 7) is 2.77. The van der Waals surface area contributed by atoms with Crippen LogP contribution in [0, 0.1) is 6.92 Å². The van der Waals surface area contributed by atoms with Crippen molar-refractivity contribution in [2.24, 2.45) is 5.73 Å². The number of aromatic nitrogens is 1. The molecule has 0 fully saturated rings. The summed E-state index contributed by atoms with van der Waals surface area (Å²) in [7, 11) is 0. The highest BCUT2D eigenvalue weighted by molar-refractivity contribution is 5.85. The number of aromatic amines is 1. The van der Waals surface area contributed by atoms with Gasteiger partial charge in [0.15, 0.2) is 0 Å². The molecular weight excluding hydrogens is 248 g/mol. The first kappa shape index (κ1) is 12.8. The van der Waals surface area contributed by atoms with E-state index < -0.39 is 0 Å². The van der Waals surface area contributed by atoms with Crippen LogP contribution in [0.5, 0.6) is 11.5 Å². The third-order valence-corrected chi connectivity index (χ3v) is 3.51. The Kier molecular flexibility index (Phi) is 3.44. The Balaban J connectivity index is 1.96. The van der Waals surface area contributed by atoms with Gasteiger partial charge in [0.1, 0.15) is 11.5 Å². The molecule has 1 heterocycles. The second kappa shape index (κ2) is 5.39. The van der Waals surface area contributed by atoms with Crippen molar-refractivity contribution in [3.8, 4) is 11.5 Å². The van der Waals surface area contributed by atoms with Gasteiger partial charge in [-0.25, -0.2) is 0 Å². The Hall–Kier alpha value is -2.26. The predicted molar refractivity (Wildman–Crippen MR) is 82.3 cm³/mol. The molecule has 3 heteroatoms. The second-order valence-electron chi connectivity index (χ2n) is 4.89. The molecule has 0 atom stereocenters. The lowest BCUT2D eigenvalue weighted by Gasteiger charge is -2.05. The van der Waals surface area contributed by atoms with Crippen molar-refractivity contribution in [2.45, 2.75) is 13.3 Å². The first-order valence-electron chi connectivity index (χ1n) is 6.82. The van der Waals surface area contributed by atoms with Crippen LogP contribution in [0.3, 0.4) is 0 Å². The number of nitrogens with two attached hydrogens (primary N) is 1. The fourth-order valence-corrected chi connectivity index (χ4v) is 2.44. The Morgan fingerprint density at radius 1 is 1.05 bits per heavy atom. The minimum Gasteiger partial charge on any atom is -0.457 e. The summed E-state index contributed by atoms with van der Waals surface area (Å²) in [6.07, 6.45) is 0.870. The third-order valence-electron chi connectivity index (χ3n) is 3.51. The molecule has 0 unspecified atom stereocenters. The van der Waals surface area contributed by atoms with E-state index in [1.165, 1.54) is 16.6 Å². The predicted octanol–water partition coefficient (Wildman–Crippen LogP) is 3.77. The van der Waals surface area contributed by atoms with Gasteiger partial charge >= 0.3 is 0 Å². The van der Waals surface area contributed by atoms with Gasteiger partial charge in [0, 0.05) is 23.0 Å². The van der Waals surface area contributed by atoms with Crippen molar-refractivity contribution in [1.29, 1.82) is 0 Å². The van der Waals surface area contributed by atoms with Crippen LogP contribution in [-0.2, 0) is 6.42 Å². The van der Waals surface area contributed by atoms with E-state index in [1.807, 2.05) is 36.4 Å². The van der Waals surface area contributed by atoms with Crippen LogP contribution in [0.4, 0.5) is 0 Å². The van der Waals surface area contributed by atoms with E-state index in [-0.39, 0.29) is 0 Å². The SMILES string of the molecule is Cc1c(CCN)[nH]c2ccc(Oc3ccccc3)cc12. The van der Waals surface area contributed by atoms with Crippen molar-refractivity contribution >= 4 is 10.9 Å². The number of ether oxygens (including phenoxy) is 1. The monoisotopic (exact) mass is 266 g/mol. The van der Waals surface area contributed by atoms with Gasteiger partial charge in [-0.15, -0.1) is 0 Å². The smallest absolute Gasteiger partial charge is 0.128 e. The Morgan fingerprint density at radius 3 is 2.60 bits per heavy atom. The van der Waals surface area contributed by atoms with Crippen LogP contribution >= 0.6 is 0 Å². The molecular formula is C17H18N2O. The minimum absolute atomic E-state index is 0.654. The molecule has 0 saturated heterocycles. The molecule has 0 saturated carbocycles. The largest absolute Gasteiger partial charge is 0.457 e. The third kappa shape index (κ3) is 2.40. The lowest BCUT2D eigenvalue weighted by molar-refractivity contribution is 0.483. The quantitative estimate of drug-likeness (QED) is 0.755. The van der Waals surface area contributed by atoms with E-state index in [4.69, 9.17) is 10.5 Å². The van der Waals surface area contributed by atoms with Crippen LogP contribution in [-0.4, -0.2) is 11.5 Å². The molecule has 1 aromatic heterocycles. The van der Waals surface area contributed by atoms with Gasteiger partial charge in [-0.3, -0.25) is 0 Å². The highest BCUT2D eigenvalue weighted by atomic mass is 16.5. The first-order valence-corrected chi connectivity index (χ1v) is 6.82. The molecule has 20 heavy (non-hydrogen) atoms. The maximum atomic E-state index is 5.87. The van der Waals surface area contributed by atoms with Gasteiger partial charge in [0.25, 0.3) is 0 Å². The normalized spacial score (nSPS) is 10.9. The van der Waals surface area contributed by atoms with Crippen molar-refractivity contribution in [3.05, 3.63) is 59.8 Å². The number of para-hydroxylation sites is 1. The van der Waals surface area contributed by atoms with Crippen LogP contribution in [0.25, 0.3) is 10.9 Å². The number of hydrogen-bond acceptors (Lipinski definition) is 2. The Labute approximate surface area is 118 Å². The Bertz CT molecular complexity index is 716. The molecule has 0 bridgehead atoms. The average Bonchev–Trinajstić information content (AvgIpc) is 2.77. The van der Waals surface area contributed by atoms with Gasteiger partial charge in [0.2, 0.25) is 0 Å². The highest BCUT2D eigenvalue weighted by Crippen LogP contribution is 2.28. The molecule has 102 valence electrons. The minimum atomic E-state index is 0.654. The topological polar surface area (TPSA) is 51.0 Å². The molecule has 0 amide bonds. The lowest BCUT2D eigenvalue weighted by Crippen LogP contribution is -2.03. The summed E-state index contributed by atoms with van der Waals surface area (Å²) in [4.78, 5) is 3.42. The molecule has 0 aliphatic rings. The van der Waals surface area contributed by atoms with E-state index in [9.17, 15) is 0 Å². The fourth-order valence-electron chi connectivity index (χ4n) is 2.44. The maximum Gasteiger partial charge on any atom is 0.128 e. The summed E-state index contributed by atoms with van der Waals surface area (Å²) >= 11 is 0. The summed E-state index contributed by atoms with van der Waals surface area (Å²) in [5.41, 5.74) is 9.23. The van der Waals surface area contributed by atoms with E-state index in [0.29, 0.717) is 6.54 Å². The standard InChI is InChI=1S/C17H18N2O/c1-12-15-11-14(20-13-5-3-2-4-6-13)7-8-17(15)19-16(12)9-10-18/h2-8,11,19H,9-10,18H2,1H3. The molecule has 0 aliphatic carbocycles. The molecule has 2 aromatic carbocycles. The molecule has 0 spiro atoms. The first-order chi connectivity index (χ1) is 9.78. The zero-order valence-corrected chi connectivity index (χ0v) is 11.5. The molecule has 3 nitrogen and oxygen atoms in total. The van der Waals surface area contributed by atoms with Crippen LogP contribution in [0.15, 0.2) is 48.5 Å². The lowest BCUT2D eigenvalue weighted by atomic mass is 10.1. The highest BCUT2D eigenvalue weighted by Gasteiger charge is 2.08. The van der Waals surface area contributed by atoms with Crippen molar-refractivity contribution in [1.82, 2.24) is 4.98 Å². The molecule has 3 aromatic rings. The number of nitrogens with one attached hydrogen (secondary N) is 1. The van der Waals surface area contributed by atoms with Gasteiger partial charge in [-0.05, 0) is 49.4 Å². The second-order valence-corrected chi connectivity index (χ2v) is 4.89. The number of hydrogen-bond donors (Lipinski definition) is 2. The van der Waals surface area contributed by atoms with Crippen LogP contribution in [0.1, 0.15) is 11.3 Å². The van der Waals surface area contributed by atoms with Crippen molar-refractivity contribution in [2.75, 3.05) is 6.54 Å². The van der Waals surface area contributed by atoms with E-state index in [1.54, 1.807) is 0 Å². The zero-order chi connectivity index (χ0) is 13.9. The molecule has 0 aliphatic heterocycles. The number of aryl methyl sites for hydroxylation is 1. The maximum absolute atomic E-state index is 5.87. The average molecular weight is 266 g/mol.